The summed E-state index contributed by atoms with van der Waals surface area (Å²) in [6.07, 6.45) is 1.19. The molecular formula is C14H12N2OS. The number of aromatic nitrogens is 2. The molecule has 1 atom stereocenters. The molecule has 0 radical (unpaired) electrons. The van der Waals surface area contributed by atoms with E-state index in [-0.39, 0.29) is 0 Å². The number of rotatable bonds is 2. The van der Waals surface area contributed by atoms with E-state index in [2.05, 4.69) is 9.97 Å². The fourth-order valence-electron chi connectivity index (χ4n) is 1.89. The molecule has 4 heteroatoms. The van der Waals surface area contributed by atoms with Crippen LogP contribution in [0.4, 0.5) is 0 Å². The molecule has 3 rings (SSSR count). The van der Waals surface area contributed by atoms with Crippen LogP contribution in [0.25, 0.3) is 20.9 Å². The van der Waals surface area contributed by atoms with Crippen molar-refractivity contribution in [2.75, 3.05) is 0 Å². The molecular weight excluding hydrogens is 244 g/mol. The van der Waals surface area contributed by atoms with Crippen molar-refractivity contribution in [3.05, 3.63) is 48.2 Å². The summed E-state index contributed by atoms with van der Waals surface area (Å²) in [4.78, 5) is 9.78. The van der Waals surface area contributed by atoms with Crippen LogP contribution >= 0.6 is 11.3 Å². The van der Waals surface area contributed by atoms with Crippen molar-refractivity contribution in [2.45, 2.75) is 13.0 Å². The Morgan fingerprint density at radius 1 is 1.17 bits per heavy atom. The van der Waals surface area contributed by atoms with Gasteiger partial charge in [0.05, 0.1) is 6.10 Å². The standard InChI is InChI=1S/C14H12N2OS/c1-9(17)11-7-8-15-14-12(11)16-13(18-14)10-5-3-2-4-6-10/h2-9,17H,1H3. The largest absolute Gasteiger partial charge is 0.389 e. The van der Waals surface area contributed by atoms with Crippen LogP contribution < -0.4 is 0 Å². The predicted octanol–water partition coefficient (Wildman–Crippen LogP) is 3.41. The Morgan fingerprint density at radius 3 is 2.67 bits per heavy atom. The van der Waals surface area contributed by atoms with Crippen LogP contribution in [0.1, 0.15) is 18.6 Å². The molecule has 1 N–H and O–H groups in total. The van der Waals surface area contributed by atoms with Crippen LogP contribution in [0.3, 0.4) is 0 Å². The minimum absolute atomic E-state index is 0.527. The molecule has 18 heavy (non-hydrogen) atoms. The van der Waals surface area contributed by atoms with Gasteiger partial charge in [0.15, 0.2) is 0 Å². The molecule has 0 aliphatic rings. The van der Waals surface area contributed by atoms with E-state index >= 15 is 0 Å². The lowest BCUT2D eigenvalue weighted by Gasteiger charge is -2.03. The third-order valence-electron chi connectivity index (χ3n) is 2.80. The molecule has 90 valence electrons. The summed E-state index contributed by atoms with van der Waals surface area (Å²) in [5, 5.41) is 10.7. The molecule has 0 bridgehead atoms. The van der Waals surface area contributed by atoms with Gasteiger partial charge in [-0.2, -0.15) is 0 Å². The lowest BCUT2D eigenvalue weighted by atomic mass is 10.1. The zero-order valence-electron chi connectivity index (χ0n) is 9.87. The van der Waals surface area contributed by atoms with E-state index in [9.17, 15) is 5.11 Å². The smallest absolute Gasteiger partial charge is 0.144 e. The Kier molecular flexibility index (Phi) is 2.81. The minimum atomic E-state index is -0.527. The van der Waals surface area contributed by atoms with Crippen LogP contribution in [-0.2, 0) is 0 Å². The van der Waals surface area contributed by atoms with Gasteiger partial charge in [0.25, 0.3) is 0 Å². The van der Waals surface area contributed by atoms with Gasteiger partial charge in [0.1, 0.15) is 15.4 Å². The second-order valence-electron chi connectivity index (χ2n) is 4.11. The van der Waals surface area contributed by atoms with E-state index in [1.165, 1.54) is 0 Å². The Labute approximate surface area is 109 Å². The van der Waals surface area contributed by atoms with E-state index in [4.69, 9.17) is 0 Å². The minimum Gasteiger partial charge on any atom is -0.389 e. The number of fused-ring (bicyclic) bond motifs is 1. The summed E-state index contributed by atoms with van der Waals surface area (Å²) < 4.78 is 0. The van der Waals surface area contributed by atoms with Gasteiger partial charge in [0.2, 0.25) is 0 Å². The van der Waals surface area contributed by atoms with Gasteiger partial charge in [-0.1, -0.05) is 41.7 Å². The van der Waals surface area contributed by atoms with Gasteiger partial charge in [-0.05, 0) is 13.0 Å². The van der Waals surface area contributed by atoms with Crippen molar-refractivity contribution in [3.8, 4) is 10.6 Å². The van der Waals surface area contributed by atoms with Crippen LogP contribution in [0, 0.1) is 0 Å². The molecule has 0 aliphatic carbocycles. The summed E-state index contributed by atoms with van der Waals surface area (Å²) >= 11 is 1.55. The summed E-state index contributed by atoms with van der Waals surface area (Å²) in [6.45, 7) is 1.75. The van der Waals surface area contributed by atoms with Crippen molar-refractivity contribution < 1.29 is 5.11 Å². The number of pyridine rings is 1. The molecule has 0 saturated heterocycles. The highest BCUT2D eigenvalue weighted by atomic mass is 32.1. The zero-order chi connectivity index (χ0) is 12.5. The van der Waals surface area contributed by atoms with E-state index in [1.54, 1.807) is 24.5 Å². The van der Waals surface area contributed by atoms with Gasteiger partial charge in [-0.25, -0.2) is 9.97 Å². The first-order chi connectivity index (χ1) is 8.75. The number of aliphatic hydroxyl groups is 1. The molecule has 3 aromatic rings. The second kappa shape index (κ2) is 4.48. The molecule has 0 amide bonds. The highest BCUT2D eigenvalue weighted by Crippen LogP contribution is 2.31. The third kappa shape index (κ3) is 1.89. The average Bonchev–Trinajstić information content (AvgIpc) is 2.83. The van der Waals surface area contributed by atoms with E-state index in [0.717, 1.165) is 26.5 Å². The van der Waals surface area contributed by atoms with Gasteiger partial charge in [-0.3, -0.25) is 0 Å². The summed E-state index contributed by atoms with van der Waals surface area (Å²) in [6, 6.07) is 11.8. The first kappa shape index (κ1) is 11.3. The fraction of sp³-hybridized carbons (Fsp3) is 0.143. The first-order valence-corrected chi connectivity index (χ1v) is 6.56. The number of nitrogens with zero attached hydrogens (tertiary/aromatic N) is 2. The predicted molar refractivity (Wildman–Crippen MR) is 73.5 cm³/mol. The van der Waals surface area contributed by atoms with Crippen LogP contribution in [0.15, 0.2) is 42.6 Å². The average molecular weight is 256 g/mol. The van der Waals surface area contributed by atoms with Crippen molar-refractivity contribution in [3.63, 3.8) is 0 Å². The normalized spacial score (nSPS) is 12.8. The van der Waals surface area contributed by atoms with Crippen LogP contribution in [-0.4, -0.2) is 15.1 Å². The second-order valence-corrected chi connectivity index (χ2v) is 5.09. The monoisotopic (exact) mass is 256 g/mol. The molecule has 0 saturated carbocycles. The lowest BCUT2D eigenvalue weighted by molar-refractivity contribution is 0.200. The molecule has 0 aliphatic heterocycles. The van der Waals surface area contributed by atoms with Crippen molar-refractivity contribution in [1.29, 1.82) is 0 Å². The zero-order valence-corrected chi connectivity index (χ0v) is 10.7. The van der Waals surface area contributed by atoms with Gasteiger partial charge in [-0.15, -0.1) is 0 Å². The SMILES string of the molecule is CC(O)c1ccnc2sc(-c3ccccc3)nc12. The molecule has 0 spiro atoms. The van der Waals surface area contributed by atoms with Crippen molar-refractivity contribution >= 4 is 21.7 Å². The third-order valence-corrected chi connectivity index (χ3v) is 3.81. The molecule has 1 unspecified atom stereocenters. The maximum absolute atomic E-state index is 9.74. The molecule has 2 aromatic heterocycles. The summed E-state index contributed by atoms with van der Waals surface area (Å²) in [5.74, 6) is 0. The van der Waals surface area contributed by atoms with Crippen LogP contribution in [0.5, 0.6) is 0 Å². The molecule has 3 nitrogen and oxygen atoms in total. The number of benzene rings is 1. The summed E-state index contributed by atoms with van der Waals surface area (Å²) in [5.41, 5.74) is 2.71. The first-order valence-electron chi connectivity index (χ1n) is 5.74. The van der Waals surface area contributed by atoms with E-state index in [0.29, 0.717) is 0 Å². The molecule has 2 heterocycles. The number of thiazole rings is 1. The van der Waals surface area contributed by atoms with Crippen LogP contribution in [0.2, 0.25) is 0 Å². The maximum Gasteiger partial charge on any atom is 0.144 e. The Balaban J connectivity index is 2.20. The highest BCUT2D eigenvalue weighted by Gasteiger charge is 2.13. The quantitative estimate of drug-likeness (QED) is 0.764. The Bertz CT molecular complexity index is 677. The van der Waals surface area contributed by atoms with E-state index in [1.807, 2.05) is 36.4 Å². The molecule has 0 fully saturated rings. The van der Waals surface area contributed by atoms with Gasteiger partial charge < -0.3 is 5.11 Å². The Hall–Kier alpha value is -1.78. The summed E-state index contributed by atoms with van der Waals surface area (Å²) in [7, 11) is 0. The van der Waals surface area contributed by atoms with Gasteiger partial charge >= 0.3 is 0 Å². The fourth-order valence-corrected chi connectivity index (χ4v) is 2.84. The number of hydrogen-bond donors (Lipinski definition) is 1. The Morgan fingerprint density at radius 2 is 1.94 bits per heavy atom. The topological polar surface area (TPSA) is 46.0 Å². The lowest BCUT2D eigenvalue weighted by Crippen LogP contribution is -1.92. The van der Waals surface area contributed by atoms with Gasteiger partial charge in [0, 0.05) is 17.3 Å². The number of hydrogen-bond acceptors (Lipinski definition) is 4. The maximum atomic E-state index is 9.74. The van der Waals surface area contributed by atoms with E-state index < -0.39 is 6.10 Å². The highest BCUT2D eigenvalue weighted by molar-refractivity contribution is 7.21. The number of aliphatic hydroxyl groups excluding tert-OH is 1. The van der Waals surface area contributed by atoms with Crippen molar-refractivity contribution in [2.24, 2.45) is 0 Å². The molecule has 1 aromatic carbocycles. The van der Waals surface area contributed by atoms with Crippen molar-refractivity contribution in [1.82, 2.24) is 9.97 Å².